The van der Waals surface area contributed by atoms with Crippen LogP contribution in [0.4, 0.5) is 16.3 Å². The van der Waals surface area contributed by atoms with Crippen LogP contribution in [0.5, 0.6) is 0 Å². The fourth-order valence-corrected chi connectivity index (χ4v) is 7.58. The topological polar surface area (TPSA) is 77.5 Å². The van der Waals surface area contributed by atoms with Crippen molar-refractivity contribution >= 4 is 34.0 Å². The van der Waals surface area contributed by atoms with Crippen molar-refractivity contribution in [3.63, 3.8) is 0 Å². The second kappa shape index (κ2) is 14.6. The van der Waals surface area contributed by atoms with Gasteiger partial charge in [0.25, 0.3) is 0 Å². The maximum absolute atomic E-state index is 13.6. The van der Waals surface area contributed by atoms with Crippen molar-refractivity contribution in [2.24, 2.45) is 0 Å². The molecule has 0 aliphatic carbocycles. The van der Waals surface area contributed by atoms with Crippen LogP contribution in [-0.4, -0.2) is 87.6 Å². The second-order valence-corrected chi connectivity index (χ2v) is 13.2. The average molecular weight is 653 g/mol. The van der Waals surface area contributed by atoms with Crippen LogP contribution in [0.25, 0.3) is 22.1 Å². The van der Waals surface area contributed by atoms with Crippen molar-refractivity contribution in [3.05, 3.63) is 83.7 Å². The summed E-state index contributed by atoms with van der Waals surface area (Å²) in [5.74, 6) is 1.07. The summed E-state index contributed by atoms with van der Waals surface area (Å²) in [6.45, 7) is 12.0. The number of nitrogens with zero attached hydrogens (tertiary/aromatic N) is 6. The summed E-state index contributed by atoms with van der Waals surface area (Å²) >= 11 is 0. The minimum atomic E-state index is -0.484. The zero-order chi connectivity index (χ0) is 32.9. The first-order valence-corrected chi connectivity index (χ1v) is 17.9. The maximum Gasteiger partial charge on any atom is 0.206 e. The molecule has 2 fully saturated rings. The van der Waals surface area contributed by atoms with E-state index in [0.29, 0.717) is 19.6 Å². The molecule has 2 aliphatic heterocycles. The smallest absolute Gasteiger partial charge is 0.206 e. The van der Waals surface area contributed by atoms with Gasteiger partial charge in [-0.3, -0.25) is 9.80 Å². The van der Waals surface area contributed by atoms with Crippen LogP contribution in [0.3, 0.4) is 0 Å². The number of fused-ring (bicyclic) bond motifs is 2. The Hall–Kier alpha value is -3.99. The average Bonchev–Trinajstić information content (AvgIpc) is 3.71. The Labute approximate surface area is 283 Å². The summed E-state index contributed by atoms with van der Waals surface area (Å²) in [6, 6.07) is 21.5. The predicted octanol–water partition coefficient (Wildman–Crippen LogP) is 6.85. The number of piperazine rings is 1. The predicted molar refractivity (Wildman–Crippen MR) is 192 cm³/mol. The van der Waals surface area contributed by atoms with E-state index < -0.39 is 5.79 Å². The van der Waals surface area contributed by atoms with E-state index in [9.17, 15) is 4.39 Å². The molecule has 0 spiro atoms. The molecule has 5 aromatic rings. The zero-order valence-electron chi connectivity index (χ0n) is 28.4. The summed E-state index contributed by atoms with van der Waals surface area (Å²) < 4.78 is 21.8. The molecule has 7 rings (SSSR count). The third kappa shape index (κ3) is 6.66. The molecule has 9 nitrogen and oxygen atoms in total. The molecule has 254 valence electrons. The van der Waals surface area contributed by atoms with Gasteiger partial charge in [-0.1, -0.05) is 56.2 Å². The number of rotatable bonds is 13. The highest BCUT2D eigenvalue weighted by Crippen LogP contribution is 2.34. The summed E-state index contributed by atoms with van der Waals surface area (Å²) in [5.41, 5.74) is 6.28. The molecule has 3 aromatic carbocycles. The van der Waals surface area contributed by atoms with Gasteiger partial charge in [0, 0.05) is 45.9 Å². The highest BCUT2D eigenvalue weighted by molar-refractivity contribution is 5.81. The molecule has 2 saturated heterocycles. The Morgan fingerprint density at radius 3 is 2.54 bits per heavy atom. The van der Waals surface area contributed by atoms with Crippen LogP contribution in [-0.2, 0) is 17.7 Å². The van der Waals surface area contributed by atoms with Crippen LogP contribution in [0.1, 0.15) is 57.1 Å². The number of anilines is 2. The standard InChI is InChI=1S/C38H49FN8O/c1-3-5-20-46-24-23-44(37-41-32-13-7-8-15-34(32)47(37)25-26-48-4-2)28-38(46,45-21-9-6-10-22-45)43-36-40-33-14-11-12-30(35(33)42-36)27-29-16-18-31(39)19-17-29/h7-8,11-19H,3-6,9-10,20-28H2,1-2H3,(H2,40,42,43). The first-order chi connectivity index (χ1) is 23.6. The number of nitrogens with one attached hydrogen (secondary N) is 2. The molecule has 2 N–H and O–H groups in total. The Kier molecular flexibility index (Phi) is 9.93. The van der Waals surface area contributed by atoms with Crippen LogP contribution in [0.15, 0.2) is 66.7 Å². The number of H-pyrrole nitrogens is 1. The molecule has 2 aromatic heterocycles. The van der Waals surface area contributed by atoms with Gasteiger partial charge in [0.05, 0.1) is 35.2 Å². The third-order valence-corrected chi connectivity index (χ3v) is 10.0. The van der Waals surface area contributed by atoms with Crippen molar-refractivity contribution in [1.82, 2.24) is 29.3 Å². The molecule has 48 heavy (non-hydrogen) atoms. The first kappa shape index (κ1) is 32.6. The number of aromatic nitrogens is 4. The number of unbranched alkanes of at least 4 members (excludes halogenated alkanes) is 1. The van der Waals surface area contributed by atoms with Crippen molar-refractivity contribution in [3.8, 4) is 0 Å². The quantitative estimate of drug-likeness (QED) is 0.135. The van der Waals surface area contributed by atoms with Crippen LogP contribution in [0.2, 0.25) is 0 Å². The Morgan fingerprint density at radius 2 is 1.73 bits per heavy atom. The van der Waals surface area contributed by atoms with Crippen molar-refractivity contribution in [2.45, 2.75) is 64.7 Å². The molecule has 1 atom stereocenters. The number of benzene rings is 3. The molecule has 0 amide bonds. The van der Waals surface area contributed by atoms with E-state index in [1.807, 2.05) is 19.1 Å². The number of aromatic amines is 1. The Bertz CT molecular complexity index is 1800. The van der Waals surface area contributed by atoms with E-state index in [4.69, 9.17) is 14.7 Å². The molecule has 4 heterocycles. The molecular weight excluding hydrogens is 603 g/mol. The lowest BCUT2D eigenvalue weighted by molar-refractivity contribution is -0.0558. The van der Waals surface area contributed by atoms with Gasteiger partial charge in [0.2, 0.25) is 11.9 Å². The van der Waals surface area contributed by atoms with Crippen molar-refractivity contribution < 1.29 is 9.13 Å². The van der Waals surface area contributed by atoms with Gasteiger partial charge in [0.1, 0.15) is 5.82 Å². The van der Waals surface area contributed by atoms with E-state index in [-0.39, 0.29) is 5.82 Å². The fraction of sp³-hybridized carbons (Fsp3) is 0.474. The molecule has 0 saturated carbocycles. The number of piperidine rings is 1. The normalized spacial score (nSPS) is 19.4. The number of likely N-dealkylation sites (tertiary alicyclic amines) is 1. The van der Waals surface area contributed by atoms with Gasteiger partial charge < -0.3 is 24.5 Å². The Balaban J connectivity index is 1.27. The largest absolute Gasteiger partial charge is 0.380 e. The summed E-state index contributed by atoms with van der Waals surface area (Å²) in [7, 11) is 0. The third-order valence-electron chi connectivity index (χ3n) is 10.0. The van der Waals surface area contributed by atoms with Crippen molar-refractivity contribution in [2.75, 3.05) is 62.7 Å². The van der Waals surface area contributed by atoms with Crippen LogP contribution >= 0.6 is 0 Å². The van der Waals surface area contributed by atoms with E-state index >= 15 is 0 Å². The second-order valence-electron chi connectivity index (χ2n) is 13.2. The summed E-state index contributed by atoms with van der Waals surface area (Å²) in [5, 5.41) is 4.05. The number of ether oxygens (including phenoxy) is 1. The number of hydrogen-bond donors (Lipinski definition) is 2. The SMILES string of the molecule is CCCCN1CCN(c2nc3ccccc3n2CCOCC)CC1(Nc1nc2c(Cc3ccc(F)cc3)cccc2[nH]1)N1CCCCC1. The van der Waals surface area contributed by atoms with E-state index in [1.165, 1.54) is 31.4 Å². The minimum absolute atomic E-state index is 0.217. The van der Waals surface area contributed by atoms with Gasteiger partial charge in [-0.2, -0.15) is 0 Å². The van der Waals surface area contributed by atoms with Crippen molar-refractivity contribution in [1.29, 1.82) is 0 Å². The highest BCUT2D eigenvalue weighted by atomic mass is 19.1. The van der Waals surface area contributed by atoms with Crippen LogP contribution < -0.4 is 10.2 Å². The van der Waals surface area contributed by atoms with E-state index in [1.54, 1.807) is 0 Å². The molecule has 0 radical (unpaired) electrons. The lowest BCUT2D eigenvalue weighted by Crippen LogP contribution is -2.75. The molecule has 10 heteroatoms. The van der Waals surface area contributed by atoms with Gasteiger partial charge in [-0.05, 0) is 74.1 Å². The molecule has 2 aliphatic rings. The van der Waals surface area contributed by atoms with Gasteiger partial charge >= 0.3 is 0 Å². The fourth-order valence-electron chi connectivity index (χ4n) is 7.58. The lowest BCUT2D eigenvalue weighted by Gasteiger charge is -2.57. The zero-order valence-corrected chi connectivity index (χ0v) is 28.4. The van der Waals surface area contributed by atoms with Crippen LogP contribution in [0, 0.1) is 5.82 Å². The molecular formula is C38H49FN8O. The first-order valence-electron chi connectivity index (χ1n) is 17.9. The number of halogens is 1. The molecule has 1 unspecified atom stereocenters. The van der Waals surface area contributed by atoms with Gasteiger partial charge in [-0.25, -0.2) is 14.4 Å². The highest BCUT2D eigenvalue weighted by Gasteiger charge is 2.48. The molecule has 0 bridgehead atoms. The summed E-state index contributed by atoms with van der Waals surface area (Å²) in [4.78, 5) is 21.9. The minimum Gasteiger partial charge on any atom is -0.380 e. The maximum atomic E-state index is 13.6. The Morgan fingerprint density at radius 1 is 0.896 bits per heavy atom. The monoisotopic (exact) mass is 652 g/mol. The van der Waals surface area contributed by atoms with Gasteiger partial charge in [0.15, 0.2) is 5.79 Å². The number of para-hydroxylation sites is 3. The van der Waals surface area contributed by atoms with E-state index in [0.717, 1.165) is 104 Å². The van der Waals surface area contributed by atoms with Gasteiger partial charge in [-0.15, -0.1) is 0 Å². The number of imidazole rings is 2. The number of hydrogen-bond acceptors (Lipinski definition) is 7. The van der Waals surface area contributed by atoms with E-state index in [2.05, 4.69) is 79.0 Å². The lowest BCUT2D eigenvalue weighted by atomic mass is 10.0. The summed E-state index contributed by atoms with van der Waals surface area (Å²) in [6.07, 6.45) is 6.58.